The fraction of sp³-hybridized carbons (Fsp3) is 0.241. The summed E-state index contributed by atoms with van der Waals surface area (Å²) in [6, 6.07) is 10.5. The van der Waals surface area contributed by atoms with Crippen molar-refractivity contribution in [2.75, 3.05) is 18.1 Å². The molecule has 1 aliphatic rings. The highest BCUT2D eigenvalue weighted by atomic mass is 32.1. The third kappa shape index (κ3) is 6.02. The molecule has 0 saturated carbocycles. The van der Waals surface area contributed by atoms with Crippen LogP contribution in [-0.2, 0) is 14.3 Å². The molecule has 1 atom stereocenters. The van der Waals surface area contributed by atoms with E-state index in [1.807, 2.05) is 6.92 Å². The third-order valence-electron chi connectivity index (χ3n) is 6.24. The number of carbonyl (C=O) groups is 3. The Morgan fingerprint density at radius 2 is 1.98 bits per heavy atom. The molecule has 212 valence electrons. The number of esters is 1. The van der Waals surface area contributed by atoms with Gasteiger partial charge in [0.05, 0.1) is 28.8 Å². The maximum absolute atomic E-state index is 13.4. The van der Waals surface area contributed by atoms with Gasteiger partial charge in [0.1, 0.15) is 23.0 Å². The number of benzene rings is 2. The maximum Gasteiger partial charge on any atom is 0.350 e. The summed E-state index contributed by atoms with van der Waals surface area (Å²) < 4.78 is 10.8. The van der Waals surface area contributed by atoms with Crippen LogP contribution >= 0.6 is 11.3 Å². The Balaban J connectivity index is 1.83. The number of aromatic nitrogens is 1. The second-order valence-corrected chi connectivity index (χ2v) is 10.0. The molecule has 2 heterocycles. The van der Waals surface area contributed by atoms with Crippen molar-refractivity contribution in [2.45, 2.75) is 32.7 Å². The summed E-state index contributed by atoms with van der Waals surface area (Å²) in [5.41, 5.74) is 0.148. The van der Waals surface area contributed by atoms with E-state index in [2.05, 4.69) is 11.6 Å². The normalized spacial score (nSPS) is 16.0. The average molecular weight is 578 g/mol. The largest absolute Gasteiger partial charge is 0.507 e. The molecule has 0 spiro atoms. The summed E-state index contributed by atoms with van der Waals surface area (Å²) in [6.07, 6.45) is 3.24. The lowest BCUT2D eigenvalue weighted by Gasteiger charge is -2.22. The highest BCUT2D eigenvalue weighted by molar-refractivity contribution is 7.17. The van der Waals surface area contributed by atoms with Gasteiger partial charge in [-0.1, -0.05) is 49.5 Å². The number of hydrogen-bond acceptors (Lipinski definition) is 10. The topological polar surface area (TPSA) is 149 Å². The lowest BCUT2D eigenvalue weighted by Crippen LogP contribution is -2.29. The monoisotopic (exact) mass is 577 g/mol. The van der Waals surface area contributed by atoms with Gasteiger partial charge in [-0.3, -0.25) is 24.6 Å². The van der Waals surface area contributed by atoms with Gasteiger partial charge < -0.3 is 14.6 Å². The number of unbranched alkanes of at least 4 members (excludes halogenated alkanes) is 1. The first-order valence-electron chi connectivity index (χ1n) is 12.7. The average Bonchev–Trinajstić information content (AvgIpc) is 3.48. The second kappa shape index (κ2) is 12.6. The number of anilines is 1. The summed E-state index contributed by atoms with van der Waals surface area (Å²) in [7, 11) is 0. The Labute approximate surface area is 239 Å². The molecule has 11 nitrogen and oxygen atoms in total. The van der Waals surface area contributed by atoms with Gasteiger partial charge in [0.25, 0.3) is 11.5 Å². The van der Waals surface area contributed by atoms with Crippen LogP contribution in [0.2, 0.25) is 0 Å². The van der Waals surface area contributed by atoms with E-state index in [0.29, 0.717) is 12.4 Å². The highest BCUT2D eigenvalue weighted by Crippen LogP contribution is 2.44. The lowest BCUT2D eigenvalue weighted by molar-refractivity contribution is -0.384. The van der Waals surface area contributed by atoms with Crippen LogP contribution in [-0.4, -0.2) is 45.9 Å². The molecule has 1 aliphatic heterocycles. The number of nitro groups is 1. The summed E-state index contributed by atoms with van der Waals surface area (Å²) in [5, 5.41) is 22.9. The quantitative estimate of drug-likeness (QED) is 0.0455. The number of rotatable bonds is 11. The van der Waals surface area contributed by atoms with Gasteiger partial charge in [0.2, 0.25) is 0 Å². The van der Waals surface area contributed by atoms with Crippen molar-refractivity contribution < 1.29 is 33.9 Å². The Morgan fingerprint density at radius 1 is 1.24 bits per heavy atom. The van der Waals surface area contributed by atoms with Crippen molar-refractivity contribution in [3.63, 3.8) is 0 Å². The lowest BCUT2D eigenvalue weighted by atomic mass is 9.95. The van der Waals surface area contributed by atoms with Crippen molar-refractivity contribution in [3.05, 3.63) is 98.6 Å². The second-order valence-electron chi connectivity index (χ2n) is 9.05. The van der Waals surface area contributed by atoms with Crippen LogP contribution in [0.3, 0.4) is 0 Å². The van der Waals surface area contributed by atoms with Gasteiger partial charge >= 0.3 is 11.9 Å². The molecule has 1 aromatic heterocycles. The SMILES string of the molecule is C=CCOC(=O)c1sc(N2C(=O)C(=O)C(=C(O)c3ccc(OCCCC)cc3)[C@H]2c2cccc([N+](=O)[O-])c2)nc1C. The minimum absolute atomic E-state index is 0.00891. The van der Waals surface area contributed by atoms with E-state index >= 15 is 0 Å². The number of hydrogen-bond donors (Lipinski definition) is 1. The number of Topliss-reactive ketones (excluding diaryl/α,β-unsaturated/α-hetero) is 1. The Hall–Kier alpha value is -4.84. The molecule has 3 aromatic rings. The van der Waals surface area contributed by atoms with Gasteiger partial charge in [-0.05, 0) is 43.2 Å². The number of amides is 1. The number of aryl methyl sites for hydroxylation is 1. The predicted molar refractivity (Wildman–Crippen MR) is 152 cm³/mol. The van der Waals surface area contributed by atoms with Gasteiger partial charge in [-0.15, -0.1) is 0 Å². The van der Waals surface area contributed by atoms with Gasteiger partial charge in [0.15, 0.2) is 5.13 Å². The standard InChI is InChI=1S/C29H27N3O8S/c1-4-6-15-39-21-12-10-18(11-13-21)24(33)22-23(19-8-7-9-20(16-19)32(37)38)31(27(35)25(22)34)29-30-17(3)26(41-29)28(36)40-14-5-2/h5,7-13,16,23,33H,2,4,6,14-15H2,1,3H3/t23-/m1/s1. The fourth-order valence-corrected chi connectivity index (χ4v) is 5.21. The van der Waals surface area contributed by atoms with Crippen molar-refractivity contribution in [1.82, 2.24) is 4.98 Å². The van der Waals surface area contributed by atoms with E-state index in [4.69, 9.17) is 9.47 Å². The van der Waals surface area contributed by atoms with Crippen molar-refractivity contribution >= 4 is 45.6 Å². The van der Waals surface area contributed by atoms with E-state index < -0.39 is 34.4 Å². The summed E-state index contributed by atoms with van der Waals surface area (Å²) in [6.45, 7) is 7.59. The zero-order chi connectivity index (χ0) is 29.7. The van der Waals surface area contributed by atoms with Crippen molar-refractivity contribution in [3.8, 4) is 5.75 Å². The Morgan fingerprint density at radius 3 is 2.63 bits per heavy atom. The van der Waals surface area contributed by atoms with Gasteiger partial charge in [0, 0.05) is 17.7 Å². The van der Waals surface area contributed by atoms with Crippen LogP contribution in [0.1, 0.15) is 52.3 Å². The van der Waals surface area contributed by atoms with Crippen LogP contribution in [0, 0.1) is 17.0 Å². The Kier molecular flexibility index (Phi) is 8.93. The molecular formula is C29H27N3O8S. The van der Waals surface area contributed by atoms with Crippen LogP contribution in [0.15, 0.2) is 66.8 Å². The molecule has 2 aromatic carbocycles. The molecule has 1 N–H and O–H groups in total. The summed E-state index contributed by atoms with van der Waals surface area (Å²) >= 11 is 0.829. The summed E-state index contributed by atoms with van der Waals surface area (Å²) in [4.78, 5) is 55.8. The van der Waals surface area contributed by atoms with Crippen LogP contribution in [0.5, 0.6) is 5.75 Å². The number of aliphatic hydroxyl groups excluding tert-OH is 1. The van der Waals surface area contributed by atoms with E-state index in [9.17, 15) is 29.6 Å². The molecule has 41 heavy (non-hydrogen) atoms. The molecule has 0 bridgehead atoms. The minimum atomic E-state index is -1.27. The molecule has 0 unspecified atom stereocenters. The number of thiazole rings is 1. The Bertz CT molecular complexity index is 1540. The van der Waals surface area contributed by atoms with E-state index in [0.717, 1.165) is 29.1 Å². The summed E-state index contributed by atoms with van der Waals surface area (Å²) in [5.74, 6) is -2.61. The number of carbonyl (C=O) groups excluding carboxylic acids is 3. The fourth-order valence-electron chi connectivity index (χ4n) is 4.23. The molecule has 0 radical (unpaired) electrons. The number of ketones is 1. The van der Waals surface area contributed by atoms with Gasteiger partial charge in [-0.25, -0.2) is 9.78 Å². The van der Waals surface area contributed by atoms with E-state index in [1.165, 1.54) is 30.3 Å². The maximum atomic E-state index is 13.4. The predicted octanol–water partition coefficient (Wildman–Crippen LogP) is 5.51. The molecule has 4 rings (SSSR count). The van der Waals surface area contributed by atoms with E-state index in [1.54, 1.807) is 31.2 Å². The zero-order valence-corrected chi connectivity index (χ0v) is 23.2. The van der Waals surface area contributed by atoms with Crippen LogP contribution in [0.25, 0.3) is 5.76 Å². The molecule has 1 saturated heterocycles. The van der Waals surface area contributed by atoms with Crippen molar-refractivity contribution in [2.24, 2.45) is 0 Å². The van der Waals surface area contributed by atoms with Crippen LogP contribution < -0.4 is 9.64 Å². The van der Waals surface area contributed by atoms with Crippen molar-refractivity contribution in [1.29, 1.82) is 0 Å². The van der Waals surface area contributed by atoms with Gasteiger partial charge in [-0.2, -0.15) is 0 Å². The first kappa shape index (κ1) is 29.2. The number of nitro benzene ring substituents is 1. The number of aliphatic hydroxyl groups is 1. The zero-order valence-electron chi connectivity index (χ0n) is 22.4. The third-order valence-corrected chi connectivity index (χ3v) is 7.38. The van der Waals surface area contributed by atoms with E-state index in [-0.39, 0.29) is 44.7 Å². The van der Waals surface area contributed by atoms with Crippen LogP contribution in [0.4, 0.5) is 10.8 Å². The first-order chi connectivity index (χ1) is 19.7. The number of ether oxygens (including phenoxy) is 2. The molecular weight excluding hydrogens is 550 g/mol. The smallest absolute Gasteiger partial charge is 0.350 e. The highest BCUT2D eigenvalue weighted by Gasteiger charge is 2.48. The molecule has 1 fully saturated rings. The molecule has 0 aliphatic carbocycles. The number of nitrogens with zero attached hydrogens (tertiary/aromatic N) is 3. The molecule has 12 heteroatoms. The molecule has 1 amide bonds. The first-order valence-corrected chi connectivity index (χ1v) is 13.5. The minimum Gasteiger partial charge on any atom is -0.507 e. The number of non-ortho nitro benzene ring substituents is 1.